The molecule has 0 aliphatic heterocycles. The van der Waals surface area contributed by atoms with Crippen LogP contribution >= 0.6 is 0 Å². The minimum atomic E-state index is -4.49. The van der Waals surface area contributed by atoms with Crippen molar-refractivity contribution < 1.29 is 27.5 Å². The van der Waals surface area contributed by atoms with Crippen molar-refractivity contribution in [1.29, 1.82) is 0 Å². The zero-order chi connectivity index (χ0) is 18.2. The Morgan fingerprint density at radius 1 is 1.08 bits per heavy atom. The van der Waals surface area contributed by atoms with Crippen LogP contribution in [0.1, 0.15) is 22.8 Å². The van der Waals surface area contributed by atoms with Gasteiger partial charge in [-0.05, 0) is 55.5 Å². The smallest absolute Gasteiger partial charge is 0.416 e. The molecule has 0 spiro atoms. The van der Waals surface area contributed by atoms with Gasteiger partial charge >= 0.3 is 6.18 Å². The van der Waals surface area contributed by atoms with E-state index in [-0.39, 0.29) is 33.6 Å². The topological polar surface area (TPSA) is 62.8 Å². The number of alkyl halides is 3. The summed E-state index contributed by atoms with van der Waals surface area (Å²) in [7, 11) is 0. The van der Waals surface area contributed by atoms with Crippen LogP contribution in [0, 0.1) is 0 Å². The van der Waals surface area contributed by atoms with E-state index in [9.17, 15) is 23.1 Å². The second kappa shape index (κ2) is 6.08. The number of ketones is 1. The molecule has 128 valence electrons. The van der Waals surface area contributed by atoms with Gasteiger partial charge in [-0.1, -0.05) is 0 Å². The van der Waals surface area contributed by atoms with Crippen LogP contribution < -0.4 is 5.55 Å². The van der Waals surface area contributed by atoms with Gasteiger partial charge in [0.25, 0.3) is 0 Å². The van der Waals surface area contributed by atoms with Gasteiger partial charge in [0.05, 0.1) is 16.8 Å². The van der Waals surface area contributed by atoms with E-state index in [4.69, 9.17) is 4.42 Å². The first-order chi connectivity index (χ1) is 11.7. The van der Waals surface area contributed by atoms with Gasteiger partial charge in [-0.25, -0.2) is 4.99 Å². The van der Waals surface area contributed by atoms with E-state index in [2.05, 4.69) is 4.99 Å². The first kappa shape index (κ1) is 16.8. The molecule has 0 radical (unpaired) electrons. The van der Waals surface area contributed by atoms with Crippen molar-refractivity contribution >= 4 is 22.4 Å². The fourth-order valence-corrected chi connectivity index (χ4v) is 2.29. The first-order valence-corrected chi connectivity index (χ1v) is 7.24. The number of carbonyl (C=O) groups is 1. The van der Waals surface area contributed by atoms with Crippen LogP contribution in [0.3, 0.4) is 0 Å². The normalized spacial score (nSPS) is 12.6. The standard InChI is InChI=1S/C18H12F3NO3/c1-10(23)15-9-11-8-12(18(19,20)21)2-7-16(11)25-17(15)22-13-3-5-14(24)6-4-13/h2-9,24H,1H3/b22-17-. The van der Waals surface area contributed by atoms with Gasteiger partial charge in [0.15, 0.2) is 5.78 Å². The maximum atomic E-state index is 12.8. The largest absolute Gasteiger partial charge is 0.508 e. The Morgan fingerprint density at radius 2 is 1.76 bits per heavy atom. The van der Waals surface area contributed by atoms with Crippen LogP contribution in [0.15, 0.2) is 57.9 Å². The molecule has 1 N–H and O–H groups in total. The van der Waals surface area contributed by atoms with Crippen molar-refractivity contribution in [3.05, 3.63) is 65.2 Å². The van der Waals surface area contributed by atoms with Gasteiger partial charge in [0.2, 0.25) is 5.55 Å². The third-order valence-electron chi connectivity index (χ3n) is 3.53. The lowest BCUT2D eigenvalue weighted by Crippen LogP contribution is -2.13. The van der Waals surface area contributed by atoms with Crippen LogP contribution in [0.4, 0.5) is 18.9 Å². The highest BCUT2D eigenvalue weighted by Crippen LogP contribution is 2.31. The van der Waals surface area contributed by atoms with Gasteiger partial charge in [0.1, 0.15) is 11.3 Å². The maximum Gasteiger partial charge on any atom is 0.416 e. The molecular weight excluding hydrogens is 335 g/mol. The van der Waals surface area contributed by atoms with Gasteiger partial charge in [-0.3, -0.25) is 4.79 Å². The molecular formula is C18H12F3NO3. The number of hydrogen-bond acceptors (Lipinski definition) is 4. The number of fused-ring (bicyclic) bond motifs is 1. The van der Waals surface area contributed by atoms with Crippen LogP contribution in [0.25, 0.3) is 11.0 Å². The number of benzene rings is 2. The number of nitrogens with zero attached hydrogens (tertiary/aromatic N) is 1. The molecule has 1 heterocycles. The third-order valence-corrected chi connectivity index (χ3v) is 3.53. The molecule has 3 rings (SSSR count). The number of phenols is 1. The summed E-state index contributed by atoms with van der Waals surface area (Å²) in [5.41, 5.74) is -0.163. The molecule has 0 saturated heterocycles. The van der Waals surface area contributed by atoms with E-state index in [0.29, 0.717) is 5.69 Å². The number of Topliss-reactive ketones (excluding diaryl/α,β-unsaturated/α-hetero) is 1. The highest BCUT2D eigenvalue weighted by atomic mass is 19.4. The molecule has 0 amide bonds. The second-order valence-corrected chi connectivity index (χ2v) is 5.40. The summed E-state index contributed by atoms with van der Waals surface area (Å²) in [5.74, 6) is -0.332. The summed E-state index contributed by atoms with van der Waals surface area (Å²) < 4.78 is 44.1. The number of rotatable bonds is 2. The summed E-state index contributed by atoms with van der Waals surface area (Å²) in [6, 6.07) is 10.2. The Bertz CT molecular complexity index is 1020. The van der Waals surface area contributed by atoms with Crippen LogP contribution in [0.2, 0.25) is 0 Å². The Morgan fingerprint density at radius 3 is 2.36 bits per heavy atom. The molecule has 25 heavy (non-hydrogen) atoms. The highest BCUT2D eigenvalue weighted by Gasteiger charge is 2.30. The Labute approximate surface area is 139 Å². The van der Waals surface area contributed by atoms with Crippen LogP contribution in [0.5, 0.6) is 5.75 Å². The maximum absolute atomic E-state index is 12.8. The lowest BCUT2D eigenvalue weighted by atomic mass is 10.1. The number of aromatic hydroxyl groups is 1. The minimum absolute atomic E-state index is 0.00884. The molecule has 0 aliphatic carbocycles. The SMILES string of the molecule is CC(=O)c1cc2cc(C(F)(F)F)ccc2o/c1=N\c1ccc(O)cc1. The second-order valence-electron chi connectivity index (χ2n) is 5.40. The summed E-state index contributed by atoms with van der Waals surface area (Å²) in [4.78, 5) is 16.1. The van der Waals surface area contributed by atoms with E-state index in [0.717, 1.165) is 12.1 Å². The molecule has 2 aromatic carbocycles. The zero-order valence-electron chi connectivity index (χ0n) is 13.0. The molecule has 3 aromatic rings. The van der Waals surface area contributed by atoms with Crippen LogP contribution in [-0.2, 0) is 6.18 Å². The van der Waals surface area contributed by atoms with Gasteiger partial charge in [-0.2, -0.15) is 13.2 Å². The van der Waals surface area contributed by atoms with Gasteiger partial charge in [0, 0.05) is 5.39 Å². The monoisotopic (exact) mass is 347 g/mol. The summed E-state index contributed by atoms with van der Waals surface area (Å²) in [5, 5.41) is 9.44. The molecule has 0 saturated carbocycles. The molecule has 0 fully saturated rings. The molecule has 0 aliphatic rings. The predicted octanol–water partition coefficient (Wildman–Crippen LogP) is 4.59. The van der Waals surface area contributed by atoms with Gasteiger partial charge < -0.3 is 9.52 Å². The van der Waals surface area contributed by atoms with E-state index in [1.165, 1.54) is 43.3 Å². The third kappa shape index (κ3) is 3.55. The predicted molar refractivity (Wildman–Crippen MR) is 84.6 cm³/mol. The van der Waals surface area contributed by atoms with Crippen molar-refractivity contribution in [3.63, 3.8) is 0 Å². The van der Waals surface area contributed by atoms with E-state index in [1.807, 2.05) is 0 Å². The molecule has 1 aromatic heterocycles. The lowest BCUT2D eigenvalue weighted by molar-refractivity contribution is -0.137. The molecule has 7 heteroatoms. The average Bonchev–Trinajstić information content (AvgIpc) is 2.55. The fourth-order valence-electron chi connectivity index (χ4n) is 2.29. The quantitative estimate of drug-likeness (QED) is 0.690. The molecule has 0 bridgehead atoms. The van der Waals surface area contributed by atoms with Crippen molar-refractivity contribution in [1.82, 2.24) is 0 Å². The minimum Gasteiger partial charge on any atom is -0.508 e. The highest BCUT2D eigenvalue weighted by molar-refractivity contribution is 5.96. The Hall–Kier alpha value is -3.09. The number of carbonyl (C=O) groups excluding carboxylic acids is 1. The molecule has 0 unspecified atom stereocenters. The van der Waals surface area contributed by atoms with Crippen molar-refractivity contribution in [2.24, 2.45) is 4.99 Å². The molecule has 4 nitrogen and oxygen atoms in total. The summed E-state index contributed by atoms with van der Waals surface area (Å²) in [6.07, 6.45) is -4.49. The van der Waals surface area contributed by atoms with E-state index < -0.39 is 11.7 Å². The van der Waals surface area contributed by atoms with Crippen molar-refractivity contribution in [2.45, 2.75) is 13.1 Å². The summed E-state index contributed by atoms with van der Waals surface area (Å²) >= 11 is 0. The number of hydrogen-bond donors (Lipinski definition) is 1. The van der Waals surface area contributed by atoms with Crippen molar-refractivity contribution in [3.8, 4) is 5.75 Å². The summed E-state index contributed by atoms with van der Waals surface area (Å²) in [6.45, 7) is 1.28. The fraction of sp³-hybridized carbons (Fsp3) is 0.111. The first-order valence-electron chi connectivity index (χ1n) is 7.24. The van der Waals surface area contributed by atoms with Gasteiger partial charge in [-0.15, -0.1) is 0 Å². The molecule has 0 atom stereocenters. The van der Waals surface area contributed by atoms with Crippen LogP contribution in [-0.4, -0.2) is 10.9 Å². The average molecular weight is 347 g/mol. The Kier molecular flexibility index (Phi) is 4.08. The zero-order valence-corrected chi connectivity index (χ0v) is 13.0. The van der Waals surface area contributed by atoms with Crippen molar-refractivity contribution in [2.75, 3.05) is 0 Å². The number of phenolic OH excluding ortho intramolecular Hbond substituents is 1. The lowest BCUT2D eigenvalue weighted by Gasteiger charge is -2.08. The van der Waals surface area contributed by atoms with E-state index >= 15 is 0 Å². The number of halogens is 3. The Balaban J connectivity index is 2.23. The van der Waals surface area contributed by atoms with E-state index in [1.54, 1.807) is 0 Å².